The summed E-state index contributed by atoms with van der Waals surface area (Å²) in [5.41, 5.74) is 0.427. The van der Waals surface area contributed by atoms with Crippen molar-refractivity contribution in [3.63, 3.8) is 0 Å². The van der Waals surface area contributed by atoms with Gasteiger partial charge >= 0.3 is 18.0 Å². The summed E-state index contributed by atoms with van der Waals surface area (Å²) in [6.07, 6.45) is 1.66. The Morgan fingerprint density at radius 1 is 1.25 bits per heavy atom. The Morgan fingerprint density at radius 2 is 2.04 bits per heavy atom. The normalized spacial score (nSPS) is 20.0. The van der Waals surface area contributed by atoms with E-state index in [-0.39, 0.29) is 36.8 Å². The number of amides is 2. The summed E-state index contributed by atoms with van der Waals surface area (Å²) < 4.78 is 20.2. The van der Waals surface area contributed by atoms with Gasteiger partial charge in [-0.3, -0.25) is 0 Å². The van der Waals surface area contributed by atoms with Crippen molar-refractivity contribution in [3.8, 4) is 0 Å². The van der Waals surface area contributed by atoms with Crippen molar-refractivity contribution in [3.05, 3.63) is 23.3 Å². The number of carbonyl (C=O) groups is 3. The summed E-state index contributed by atoms with van der Waals surface area (Å²) in [5.74, 6) is -1.38. The van der Waals surface area contributed by atoms with Crippen LogP contribution >= 0.6 is 0 Å². The minimum atomic E-state index is -0.744. The molecule has 2 N–H and O–H groups in total. The van der Waals surface area contributed by atoms with E-state index in [1.54, 1.807) is 6.92 Å². The lowest BCUT2D eigenvalue weighted by atomic mass is 10.0. The van der Waals surface area contributed by atoms with Crippen molar-refractivity contribution >= 4 is 18.0 Å². The fraction of sp³-hybridized carbons (Fsp3) is 0.533. The quantitative estimate of drug-likeness (QED) is 0.670. The largest absolute Gasteiger partial charge is 0.493 e. The van der Waals surface area contributed by atoms with Gasteiger partial charge in [-0.25, -0.2) is 14.4 Å². The summed E-state index contributed by atoms with van der Waals surface area (Å²) in [7, 11) is 0. The lowest BCUT2D eigenvalue weighted by Gasteiger charge is -2.28. The molecule has 2 amide bonds. The van der Waals surface area contributed by atoms with E-state index in [1.165, 1.54) is 6.26 Å². The maximum atomic E-state index is 12.2. The van der Waals surface area contributed by atoms with Crippen molar-refractivity contribution in [1.29, 1.82) is 0 Å². The zero-order valence-corrected chi connectivity index (χ0v) is 13.5. The zero-order valence-electron chi connectivity index (χ0n) is 13.5. The van der Waals surface area contributed by atoms with Gasteiger partial charge in [-0.1, -0.05) is 6.92 Å². The number of ether oxygens (including phenoxy) is 4. The summed E-state index contributed by atoms with van der Waals surface area (Å²) in [4.78, 5) is 35.8. The smallest absolute Gasteiger partial charge is 0.377 e. The first-order valence-electron chi connectivity index (χ1n) is 7.66. The first-order valence-corrected chi connectivity index (χ1v) is 7.66. The number of hydrogen-bond acceptors (Lipinski definition) is 7. The molecule has 0 aromatic rings. The summed E-state index contributed by atoms with van der Waals surface area (Å²) in [6.45, 7) is 4.00. The average Bonchev–Trinajstić information content (AvgIpc) is 2.59. The maximum Gasteiger partial charge on any atom is 0.377 e. The second-order valence-electron chi connectivity index (χ2n) is 4.95. The Kier molecular flexibility index (Phi) is 6.05. The molecule has 0 spiro atoms. The number of carbonyl (C=O) groups excluding carboxylic acids is 3. The molecule has 0 aliphatic carbocycles. The second-order valence-corrected chi connectivity index (χ2v) is 4.95. The molecule has 9 nitrogen and oxygen atoms in total. The van der Waals surface area contributed by atoms with Gasteiger partial charge < -0.3 is 29.6 Å². The van der Waals surface area contributed by atoms with Crippen LogP contribution in [0.15, 0.2) is 23.3 Å². The molecule has 24 heavy (non-hydrogen) atoms. The first-order chi connectivity index (χ1) is 11.6. The van der Waals surface area contributed by atoms with Gasteiger partial charge in [-0.2, -0.15) is 0 Å². The Balaban J connectivity index is 2.14. The topological polar surface area (TPSA) is 112 Å². The molecule has 0 fully saturated rings. The monoisotopic (exact) mass is 340 g/mol. The third-order valence-corrected chi connectivity index (χ3v) is 3.34. The molecule has 2 aliphatic rings. The summed E-state index contributed by atoms with van der Waals surface area (Å²) in [5, 5.41) is 5.12. The van der Waals surface area contributed by atoms with Crippen molar-refractivity contribution in [2.45, 2.75) is 26.3 Å². The molecular weight excluding hydrogens is 320 g/mol. The predicted octanol–water partition coefficient (Wildman–Crippen LogP) is 0.326. The van der Waals surface area contributed by atoms with Gasteiger partial charge in [0, 0.05) is 0 Å². The fourth-order valence-corrected chi connectivity index (χ4v) is 2.26. The van der Waals surface area contributed by atoms with Crippen LogP contribution in [-0.4, -0.2) is 50.4 Å². The van der Waals surface area contributed by atoms with Gasteiger partial charge in [0.2, 0.25) is 5.76 Å². The molecule has 2 heterocycles. The minimum Gasteiger partial charge on any atom is -0.493 e. The van der Waals surface area contributed by atoms with E-state index in [9.17, 15) is 14.4 Å². The highest BCUT2D eigenvalue weighted by atomic mass is 16.6. The molecule has 0 unspecified atom stereocenters. The highest BCUT2D eigenvalue weighted by Crippen LogP contribution is 2.18. The van der Waals surface area contributed by atoms with Crippen LogP contribution in [0.4, 0.5) is 4.79 Å². The van der Waals surface area contributed by atoms with E-state index >= 15 is 0 Å². The molecule has 0 aromatic carbocycles. The Labute approximate surface area is 138 Å². The van der Waals surface area contributed by atoms with Gasteiger partial charge in [0.15, 0.2) is 0 Å². The van der Waals surface area contributed by atoms with Crippen molar-refractivity contribution in [1.82, 2.24) is 10.6 Å². The van der Waals surface area contributed by atoms with Gasteiger partial charge in [0.25, 0.3) is 0 Å². The lowest BCUT2D eigenvalue weighted by molar-refractivity contribution is -0.144. The number of rotatable bonds is 6. The van der Waals surface area contributed by atoms with E-state index in [2.05, 4.69) is 10.6 Å². The lowest BCUT2D eigenvalue weighted by Crippen LogP contribution is -2.51. The maximum absolute atomic E-state index is 12.2. The van der Waals surface area contributed by atoms with Gasteiger partial charge in [-0.05, 0) is 13.3 Å². The standard InChI is InChI=1S/C15H20N2O7/c1-3-9-12(14(19)22-4-2)10(17-15(20)16-9)7-24-13(18)11-8-21-5-6-23-11/h8-9H,3-7H2,1-2H3,(H2,16,17,20)/t9-/m0/s1. The van der Waals surface area contributed by atoms with Gasteiger partial charge in [0.1, 0.15) is 26.1 Å². The SMILES string of the molecule is CCOC(=O)C1=C(COC(=O)C2=COCCO2)NC(=O)N[C@H]1CC. The van der Waals surface area contributed by atoms with Crippen molar-refractivity contribution in [2.24, 2.45) is 0 Å². The Hall–Kier alpha value is -2.71. The molecule has 2 rings (SSSR count). The summed E-state index contributed by atoms with van der Waals surface area (Å²) in [6, 6.07) is -0.989. The van der Waals surface area contributed by atoms with Crippen molar-refractivity contribution < 1.29 is 33.3 Å². The van der Waals surface area contributed by atoms with Crippen LogP contribution in [0.25, 0.3) is 0 Å². The van der Waals surface area contributed by atoms with E-state index in [1.807, 2.05) is 6.92 Å². The number of nitrogens with one attached hydrogen (secondary N) is 2. The third kappa shape index (κ3) is 4.18. The molecule has 0 bridgehead atoms. The first kappa shape index (κ1) is 17.6. The predicted molar refractivity (Wildman–Crippen MR) is 80.4 cm³/mol. The van der Waals surface area contributed by atoms with Crippen LogP contribution in [0.3, 0.4) is 0 Å². The Bertz CT molecular complexity index is 582. The van der Waals surface area contributed by atoms with Crippen LogP contribution in [0.2, 0.25) is 0 Å². The number of urea groups is 1. The van der Waals surface area contributed by atoms with Crippen LogP contribution in [0.5, 0.6) is 0 Å². The van der Waals surface area contributed by atoms with E-state index in [4.69, 9.17) is 18.9 Å². The fourth-order valence-electron chi connectivity index (χ4n) is 2.26. The average molecular weight is 340 g/mol. The van der Waals surface area contributed by atoms with E-state index < -0.39 is 24.0 Å². The Morgan fingerprint density at radius 3 is 2.67 bits per heavy atom. The highest BCUT2D eigenvalue weighted by molar-refractivity contribution is 5.95. The van der Waals surface area contributed by atoms with E-state index in [0.29, 0.717) is 13.0 Å². The van der Waals surface area contributed by atoms with Crippen molar-refractivity contribution in [2.75, 3.05) is 26.4 Å². The molecular formula is C15H20N2O7. The minimum absolute atomic E-state index is 0.0631. The van der Waals surface area contributed by atoms with Crippen LogP contribution in [-0.2, 0) is 28.5 Å². The zero-order chi connectivity index (χ0) is 17.5. The number of hydrogen-bond donors (Lipinski definition) is 2. The number of esters is 2. The molecule has 9 heteroatoms. The van der Waals surface area contributed by atoms with Gasteiger partial charge in [-0.15, -0.1) is 0 Å². The molecule has 2 aliphatic heterocycles. The third-order valence-electron chi connectivity index (χ3n) is 3.34. The van der Waals surface area contributed by atoms with Gasteiger partial charge in [0.05, 0.1) is 23.9 Å². The van der Waals surface area contributed by atoms with Crippen LogP contribution in [0.1, 0.15) is 20.3 Å². The summed E-state index contributed by atoms with van der Waals surface area (Å²) >= 11 is 0. The molecule has 0 saturated carbocycles. The molecule has 1 atom stereocenters. The van der Waals surface area contributed by atoms with E-state index in [0.717, 1.165) is 0 Å². The highest BCUT2D eigenvalue weighted by Gasteiger charge is 2.32. The molecule has 0 aromatic heterocycles. The second kappa shape index (κ2) is 8.23. The molecule has 132 valence electrons. The molecule has 0 saturated heterocycles. The van der Waals surface area contributed by atoms with Crippen LogP contribution in [0, 0.1) is 0 Å². The van der Waals surface area contributed by atoms with Crippen LogP contribution < -0.4 is 10.6 Å². The molecule has 0 radical (unpaired) electrons.